The molecule has 31 heavy (non-hydrogen) atoms. The third-order valence-corrected chi connectivity index (χ3v) is 6.52. The number of imidazole rings is 1. The van der Waals surface area contributed by atoms with Gasteiger partial charge in [-0.05, 0) is 12.0 Å². The average Bonchev–Trinajstić information content (AvgIpc) is 3.50. The summed E-state index contributed by atoms with van der Waals surface area (Å²) < 4.78 is 2.99. The van der Waals surface area contributed by atoms with Crippen LogP contribution in [0.1, 0.15) is 18.4 Å². The van der Waals surface area contributed by atoms with Gasteiger partial charge in [-0.1, -0.05) is 24.3 Å². The quantitative estimate of drug-likeness (QED) is 0.443. The van der Waals surface area contributed by atoms with Crippen LogP contribution in [-0.2, 0) is 23.2 Å². The number of nitrogens with zero attached hydrogens (tertiary/aromatic N) is 4. The first-order valence-electron chi connectivity index (χ1n) is 9.99. The molecule has 0 bridgehead atoms. The second kappa shape index (κ2) is 7.62. The third kappa shape index (κ3) is 3.48. The zero-order valence-electron chi connectivity index (χ0n) is 17.1. The summed E-state index contributed by atoms with van der Waals surface area (Å²) in [6, 6.07) is 7.52. The number of aryl methyl sites for hydroxylation is 1. The molecule has 10 heteroatoms. The fraction of sp³-hybridized carbons (Fsp3) is 0.286. The largest absolute Gasteiger partial charge is 0.371 e. The van der Waals surface area contributed by atoms with Crippen molar-refractivity contribution in [3.05, 3.63) is 36.2 Å². The number of benzene rings is 1. The average molecular weight is 436 g/mol. The Bertz CT molecular complexity index is 1310. The lowest BCUT2D eigenvalue weighted by atomic mass is 10.1. The van der Waals surface area contributed by atoms with E-state index < -0.39 is 6.04 Å². The van der Waals surface area contributed by atoms with Gasteiger partial charge in [0.05, 0.1) is 11.8 Å². The second-order valence-corrected chi connectivity index (χ2v) is 8.51. The molecule has 3 aromatic heterocycles. The molecule has 9 nitrogen and oxygen atoms in total. The van der Waals surface area contributed by atoms with Crippen molar-refractivity contribution < 1.29 is 9.59 Å². The van der Waals surface area contributed by atoms with Gasteiger partial charge in [0.2, 0.25) is 11.8 Å². The molecule has 1 aromatic carbocycles. The Morgan fingerprint density at radius 1 is 1.29 bits per heavy atom. The van der Waals surface area contributed by atoms with E-state index in [2.05, 4.69) is 25.9 Å². The van der Waals surface area contributed by atoms with Crippen LogP contribution in [-0.4, -0.2) is 44.4 Å². The number of carbonyl (C=O) groups is 2. The Morgan fingerprint density at radius 3 is 2.81 bits per heavy atom. The highest BCUT2D eigenvalue weighted by Gasteiger charge is 2.26. The SMILES string of the molecule is CNc1nc2nc(-c3ccc(CNC(=O)[C@H]4CCC(=O)N4)cc3)sc2c2c1ncn2C. The summed E-state index contributed by atoms with van der Waals surface area (Å²) >= 11 is 1.59. The van der Waals surface area contributed by atoms with Crippen LogP contribution in [0.15, 0.2) is 30.6 Å². The zero-order chi connectivity index (χ0) is 21.5. The van der Waals surface area contributed by atoms with Gasteiger partial charge in [0, 0.05) is 32.6 Å². The van der Waals surface area contributed by atoms with Gasteiger partial charge in [0.25, 0.3) is 0 Å². The highest BCUT2D eigenvalue weighted by Crippen LogP contribution is 2.35. The van der Waals surface area contributed by atoms with E-state index in [1.807, 2.05) is 42.9 Å². The Balaban J connectivity index is 1.37. The summed E-state index contributed by atoms with van der Waals surface area (Å²) in [6.45, 7) is 0.411. The standard InChI is InChI=1S/C21H21N7O2S/c1-22-18-15-16(28(2)10-24-15)17-19(26-18)27-21(31-17)12-5-3-11(4-6-12)9-23-20(30)13-7-8-14(29)25-13/h3-6,10,13H,7-9H2,1-2H3,(H,22,26)(H,23,30)(H,25,29)/t13-/m1/s1. The minimum Gasteiger partial charge on any atom is -0.371 e. The Hall–Kier alpha value is -3.53. The Labute approximate surface area is 181 Å². The number of amides is 2. The summed E-state index contributed by atoms with van der Waals surface area (Å²) in [5.74, 6) is 0.497. The van der Waals surface area contributed by atoms with Crippen molar-refractivity contribution in [1.29, 1.82) is 0 Å². The van der Waals surface area contributed by atoms with Crippen LogP contribution < -0.4 is 16.0 Å². The maximum Gasteiger partial charge on any atom is 0.242 e. The molecule has 0 aliphatic carbocycles. The second-order valence-electron chi connectivity index (χ2n) is 7.51. The molecule has 0 spiro atoms. The van der Waals surface area contributed by atoms with Crippen molar-refractivity contribution in [2.75, 3.05) is 12.4 Å². The molecule has 4 heterocycles. The minimum atomic E-state index is -0.423. The number of rotatable bonds is 5. The van der Waals surface area contributed by atoms with E-state index in [1.165, 1.54) is 0 Å². The molecular formula is C21H21N7O2S. The number of hydrogen-bond donors (Lipinski definition) is 3. The van der Waals surface area contributed by atoms with E-state index in [4.69, 9.17) is 4.98 Å². The fourth-order valence-corrected chi connectivity index (χ4v) is 4.86. The number of pyridine rings is 1. The molecule has 1 saturated heterocycles. The van der Waals surface area contributed by atoms with E-state index in [-0.39, 0.29) is 11.8 Å². The predicted octanol–water partition coefficient (Wildman–Crippen LogP) is 2.18. The molecule has 1 fully saturated rings. The van der Waals surface area contributed by atoms with Gasteiger partial charge in [-0.3, -0.25) is 9.59 Å². The van der Waals surface area contributed by atoms with Crippen LogP contribution in [0.25, 0.3) is 32.0 Å². The number of aromatic nitrogens is 4. The number of hydrogen-bond acceptors (Lipinski definition) is 7. The molecule has 0 unspecified atom stereocenters. The Kier molecular flexibility index (Phi) is 4.78. The molecule has 4 aromatic rings. The van der Waals surface area contributed by atoms with Crippen molar-refractivity contribution >= 4 is 50.3 Å². The smallest absolute Gasteiger partial charge is 0.242 e. The molecule has 1 aliphatic rings. The molecule has 2 amide bonds. The lowest BCUT2D eigenvalue weighted by molar-refractivity contribution is -0.125. The van der Waals surface area contributed by atoms with Crippen LogP contribution in [0.4, 0.5) is 5.82 Å². The maximum atomic E-state index is 12.2. The van der Waals surface area contributed by atoms with Gasteiger partial charge < -0.3 is 20.5 Å². The van der Waals surface area contributed by atoms with E-state index in [0.717, 1.165) is 31.9 Å². The number of anilines is 1. The molecular weight excluding hydrogens is 414 g/mol. The van der Waals surface area contributed by atoms with Crippen molar-refractivity contribution in [3.8, 4) is 10.6 Å². The van der Waals surface area contributed by atoms with Gasteiger partial charge in [-0.15, -0.1) is 11.3 Å². The number of thiazole rings is 1. The first-order valence-corrected chi connectivity index (χ1v) is 10.8. The molecule has 3 N–H and O–H groups in total. The molecule has 5 rings (SSSR count). The lowest BCUT2D eigenvalue weighted by Gasteiger charge is -2.11. The number of fused-ring (bicyclic) bond motifs is 3. The zero-order valence-corrected chi connectivity index (χ0v) is 17.9. The third-order valence-electron chi connectivity index (χ3n) is 5.42. The van der Waals surface area contributed by atoms with Gasteiger partial charge >= 0.3 is 0 Å². The van der Waals surface area contributed by atoms with Crippen molar-refractivity contribution in [3.63, 3.8) is 0 Å². The van der Waals surface area contributed by atoms with Gasteiger partial charge in [-0.25, -0.2) is 15.0 Å². The van der Waals surface area contributed by atoms with E-state index in [0.29, 0.717) is 30.9 Å². The molecule has 1 aliphatic heterocycles. The minimum absolute atomic E-state index is 0.0694. The maximum absolute atomic E-state index is 12.2. The van der Waals surface area contributed by atoms with Crippen molar-refractivity contribution in [2.24, 2.45) is 7.05 Å². The summed E-state index contributed by atoms with van der Waals surface area (Å²) in [5, 5.41) is 9.54. The predicted molar refractivity (Wildman–Crippen MR) is 120 cm³/mol. The number of nitrogens with one attached hydrogen (secondary N) is 3. The van der Waals surface area contributed by atoms with E-state index >= 15 is 0 Å². The Morgan fingerprint density at radius 2 is 2.10 bits per heavy atom. The van der Waals surface area contributed by atoms with Crippen LogP contribution in [0.5, 0.6) is 0 Å². The van der Waals surface area contributed by atoms with Crippen molar-refractivity contribution in [1.82, 2.24) is 30.2 Å². The topological polar surface area (TPSA) is 114 Å². The fourth-order valence-electron chi connectivity index (χ4n) is 3.76. The summed E-state index contributed by atoms with van der Waals surface area (Å²) in [4.78, 5) is 37.3. The summed E-state index contributed by atoms with van der Waals surface area (Å²) in [7, 11) is 3.79. The van der Waals surface area contributed by atoms with Gasteiger partial charge in [0.1, 0.15) is 21.3 Å². The van der Waals surface area contributed by atoms with Crippen molar-refractivity contribution in [2.45, 2.75) is 25.4 Å². The van der Waals surface area contributed by atoms with Gasteiger partial charge in [0.15, 0.2) is 11.5 Å². The summed E-state index contributed by atoms with van der Waals surface area (Å²) in [5.41, 5.74) is 4.50. The molecule has 0 radical (unpaired) electrons. The normalized spacial score (nSPS) is 16.1. The van der Waals surface area contributed by atoms with E-state index in [9.17, 15) is 9.59 Å². The molecule has 158 valence electrons. The highest BCUT2D eigenvalue weighted by atomic mass is 32.1. The highest BCUT2D eigenvalue weighted by molar-refractivity contribution is 7.22. The van der Waals surface area contributed by atoms with Crippen LogP contribution in [0.3, 0.4) is 0 Å². The van der Waals surface area contributed by atoms with Crippen LogP contribution in [0, 0.1) is 0 Å². The first kappa shape index (κ1) is 19.4. The summed E-state index contributed by atoms with van der Waals surface area (Å²) in [6.07, 6.45) is 2.74. The van der Waals surface area contributed by atoms with Crippen LogP contribution >= 0.6 is 11.3 Å². The van der Waals surface area contributed by atoms with Gasteiger partial charge in [-0.2, -0.15) is 0 Å². The molecule has 1 atom stereocenters. The monoisotopic (exact) mass is 435 g/mol. The lowest BCUT2D eigenvalue weighted by Crippen LogP contribution is -2.41. The van der Waals surface area contributed by atoms with E-state index in [1.54, 1.807) is 17.7 Å². The first-order chi connectivity index (χ1) is 15.0. The van der Waals surface area contributed by atoms with Crippen LogP contribution in [0.2, 0.25) is 0 Å². The number of carbonyl (C=O) groups excluding carboxylic acids is 2. The molecule has 0 saturated carbocycles.